The monoisotopic (exact) mass is 1710 g/mol. The van der Waals surface area contributed by atoms with Crippen molar-refractivity contribution in [1.29, 1.82) is 0 Å². The molecule has 3 aromatic carbocycles. The number of rotatable bonds is 48. The molecule has 1 saturated heterocycles. The minimum absolute atomic E-state index is 0.00591. The van der Waals surface area contributed by atoms with Gasteiger partial charge >= 0.3 is 17.9 Å². The Morgan fingerprint density at radius 3 is 2.27 bits per heavy atom. The molecule has 2 aromatic heterocycles. The van der Waals surface area contributed by atoms with E-state index >= 15 is 0 Å². The number of hydrogen-bond donors (Lipinski definition) is 13. The number of aryl methyl sites for hydroxylation is 2. The van der Waals surface area contributed by atoms with Crippen LogP contribution in [-0.2, 0) is 69.1 Å². The lowest BCUT2D eigenvalue weighted by molar-refractivity contribution is -0.148. The van der Waals surface area contributed by atoms with Crippen LogP contribution in [0.3, 0.4) is 0 Å². The molecule has 8 amide bonds. The van der Waals surface area contributed by atoms with E-state index in [1.807, 2.05) is 30.4 Å². The lowest BCUT2D eigenvalue weighted by atomic mass is 9.65. The van der Waals surface area contributed by atoms with Crippen LogP contribution in [0.2, 0.25) is 0 Å². The number of nitrogens with one attached hydrogen (secondary N) is 7. The molecule has 0 bridgehead atoms. The Bertz CT molecular complexity index is 4520. The Morgan fingerprint density at radius 1 is 0.803 bits per heavy atom. The fraction of sp³-hybridized carbons (Fsp3) is 0.468. The van der Waals surface area contributed by atoms with Gasteiger partial charge in [0.15, 0.2) is 27.1 Å². The molecular formula is C79H102N13O20P3S2. The first-order valence-electron chi connectivity index (χ1n) is 38.4. The van der Waals surface area contributed by atoms with Crippen LogP contribution in [0.1, 0.15) is 181 Å². The van der Waals surface area contributed by atoms with E-state index in [1.54, 1.807) is 22.7 Å². The molecule has 5 aromatic rings. The summed E-state index contributed by atoms with van der Waals surface area (Å²) >= 11 is 0. The summed E-state index contributed by atoms with van der Waals surface area (Å²) in [5.74, 6) is -1.57. The smallest absolute Gasteiger partial charge is 0.326 e. The van der Waals surface area contributed by atoms with E-state index in [-0.39, 0.29) is 118 Å². The van der Waals surface area contributed by atoms with Crippen molar-refractivity contribution >= 4 is 137 Å². The summed E-state index contributed by atoms with van der Waals surface area (Å²) in [6.45, 7) is 9.61. The van der Waals surface area contributed by atoms with Crippen LogP contribution in [0.4, 0.5) is 5.82 Å². The van der Waals surface area contributed by atoms with Crippen LogP contribution < -0.4 is 43.0 Å². The highest BCUT2D eigenvalue weighted by Gasteiger charge is 2.40. The van der Waals surface area contributed by atoms with Crippen molar-refractivity contribution < 1.29 is 95.9 Å². The number of amides is 8. The second kappa shape index (κ2) is 47.9. The highest BCUT2D eigenvalue weighted by Crippen LogP contribution is 2.48. The number of aliphatic hydroxyl groups is 1. The number of carbonyl (C=O) groups excluding carboxylic acids is 8. The average molecular weight is 1710 g/mol. The predicted molar refractivity (Wildman–Crippen MR) is 448 cm³/mol. The highest BCUT2D eigenvalue weighted by atomic mass is 33.1. The van der Waals surface area contributed by atoms with Crippen LogP contribution in [0.25, 0.3) is 11.0 Å². The largest absolute Gasteiger partial charge is 0.481 e. The van der Waals surface area contributed by atoms with Crippen LogP contribution in [-0.4, -0.2) is 210 Å². The minimum Gasteiger partial charge on any atom is -0.481 e. The quantitative estimate of drug-likeness (QED) is 0.00610. The van der Waals surface area contributed by atoms with Gasteiger partial charge in [-0.2, -0.15) is 0 Å². The van der Waals surface area contributed by atoms with E-state index in [9.17, 15) is 68.1 Å². The Balaban J connectivity index is 0.826. The van der Waals surface area contributed by atoms with E-state index in [0.717, 1.165) is 36.1 Å². The van der Waals surface area contributed by atoms with Crippen molar-refractivity contribution in [2.75, 3.05) is 63.6 Å². The second-order valence-electron chi connectivity index (χ2n) is 28.1. The van der Waals surface area contributed by atoms with Crippen molar-refractivity contribution in [2.45, 2.75) is 173 Å². The summed E-state index contributed by atoms with van der Waals surface area (Å²) in [4.78, 5) is 165. The number of carbonyl (C=O) groups is 11. The molecule has 38 heteroatoms. The normalized spacial score (nSPS) is 17.7. The maximum atomic E-state index is 14.5. The van der Waals surface area contributed by atoms with E-state index in [4.69, 9.17) is 38.6 Å². The first-order chi connectivity index (χ1) is 56.3. The van der Waals surface area contributed by atoms with Gasteiger partial charge in [-0.25, -0.2) is 14.8 Å². The van der Waals surface area contributed by atoms with Crippen LogP contribution in [0.15, 0.2) is 101 Å². The summed E-state index contributed by atoms with van der Waals surface area (Å²) in [6.07, 6.45) is 8.54. The van der Waals surface area contributed by atoms with Gasteiger partial charge in [0, 0.05) is 117 Å². The van der Waals surface area contributed by atoms with Gasteiger partial charge in [-0.05, 0) is 129 Å². The molecule has 3 aliphatic rings. The number of unbranched alkanes of at least 4 members (excludes halogenated alkanes) is 1. The number of nitrogen functional groups attached to an aromatic ring is 1. The van der Waals surface area contributed by atoms with Gasteiger partial charge in [-0.1, -0.05) is 101 Å². The summed E-state index contributed by atoms with van der Waals surface area (Å²) < 4.78 is 23.2. The number of nitrogens with zero attached hydrogens (tertiary/aromatic N) is 5. The van der Waals surface area contributed by atoms with Gasteiger partial charge in [0.25, 0.3) is 17.7 Å². The Hall–Kier alpha value is -9.29. The SMILES string of the molecule is CCCc1cc2c(cc1C)C(c1ccccc1C(=O)N(C)CCCC(=O)NCCNC(=O)c1cccc(C(=O)NC(CCCSSCCC(=O)NCC#Cc3cn([C@H]4CC(O)[C@@H](COPOPOPO)O4)c4ncnc(N)c34)C(CCCCC(=O)NC(CC(=O)O)C(=O)NC(CC(=O)O)C(=O)O)NC=O)c1)C1C=C(C)/C(=N/CC)C=C1C2. The zero-order valence-electron chi connectivity index (χ0n) is 65.6. The molecule has 33 nitrogen and oxygen atoms in total. The van der Waals surface area contributed by atoms with Crippen LogP contribution in [0.5, 0.6) is 0 Å². The number of nitrogens with two attached hydrogens (primary N) is 1. The van der Waals surface area contributed by atoms with Crippen molar-refractivity contribution in [3.63, 3.8) is 0 Å². The number of carboxylic acid groups (broad SMARTS) is 3. The second-order valence-corrected chi connectivity index (χ2v) is 33.2. The Morgan fingerprint density at radius 2 is 1.53 bits per heavy atom. The predicted octanol–water partition coefficient (Wildman–Crippen LogP) is 7.04. The molecule has 3 heterocycles. The molecule has 12 atom stereocenters. The third-order valence-corrected chi connectivity index (χ3v) is 23.9. The molecular weight excluding hydrogens is 1610 g/mol. The Labute approximate surface area is 691 Å². The molecule has 0 saturated carbocycles. The lowest BCUT2D eigenvalue weighted by Gasteiger charge is -2.38. The summed E-state index contributed by atoms with van der Waals surface area (Å²) in [5, 5.41) is 57.7. The van der Waals surface area contributed by atoms with Crippen molar-refractivity contribution in [1.82, 2.24) is 56.7 Å². The first-order valence-corrected chi connectivity index (χ1v) is 43.4. The average Bonchev–Trinajstić information content (AvgIpc) is 1.45. The molecule has 1 fully saturated rings. The van der Waals surface area contributed by atoms with Gasteiger partial charge in [0.05, 0.1) is 48.8 Å². The van der Waals surface area contributed by atoms with Gasteiger partial charge in [0.1, 0.15) is 42.2 Å². The van der Waals surface area contributed by atoms with E-state index < -0.39 is 124 Å². The molecule has 630 valence electrons. The van der Waals surface area contributed by atoms with E-state index in [1.165, 1.54) is 80.0 Å². The number of aromatic nitrogens is 3. The zero-order valence-corrected chi connectivity index (χ0v) is 70.2. The zero-order chi connectivity index (χ0) is 84.5. The highest BCUT2D eigenvalue weighted by molar-refractivity contribution is 8.76. The molecule has 1 aliphatic heterocycles. The minimum atomic E-state index is -1.91. The number of aliphatic imine (C=N–C) groups is 1. The number of allylic oxidation sites excluding steroid dienone is 4. The number of ether oxygens (including phenoxy) is 1. The Kier molecular flexibility index (Phi) is 38.2. The number of hydrogen-bond acceptors (Lipinski definition) is 23. The number of aliphatic carboxylic acids is 3. The summed E-state index contributed by atoms with van der Waals surface area (Å²) in [6, 6.07) is 13.3. The first kappa shape index (κ1) is 93.2. The van der Waals surface area contributed by atoms with E-state index in [2.05, 4.69) is 105 Å². The summed E-state index contributed by atoms with van der Waals surface area (Å²) in [7, 11) is 3.14. The van der Waals surface area contributed by atoms with Crippen LogP contribution in [0, 0.1) is 24.7 Å². The van der Waals surface area contributed by atoms with Gasteiger partial charge in [0.2, 0.25) is 30.0 Å². The lowest BCUT2D eigenvalue weighted by Crippen LogP contribution is -2.52. The molecule has 10 unspecified atom stereocenters. The molecule has 0 spiro atoms. The third kappa shape index (κ3) is 28.2. The standard InChI is InChI=1S/C79H102N13O20P3S2/c1-6-16-48-35-52-37-53-38-60(81-7-2)47(4)34-57(53)72(56(52)33-46(48)3)54-20-8-9-21-55(54)78(105)91(5)30-14-25-65(95)83-28-29-84-75(102)49-17-12-18-50(36-49)76(103)89-59(58(87-45-93)22-10-11-24-67(97)88-61(39-69(98)99)77(104)90-62(79(106)107)40-70(100)101)23-15-31-116-117-32-26-66(96)82-27-13-19-51-42-92(74-71(51)73(80)85-44-86-74)68-41-63(94)64(110-68)43-109-114-112-115-111-113-108/h8-9,12,17-18,20-21,33-36,38,42,44-45,57-59,61-64,68,72,94,108,113-115H,6-7,10-11,14-16,22-32,37,39-41,43H2,1-5H3,(H,82,96)(H,83,95)(H,84,102)(H,87,93)(H,88,97)(H,89,103)(H,90,104)(H,98,99)(H,100,101)(H,106,107)(H2,80,85,86)/b81-60+/t57?,58?,59?,61?,62?,63?,64-,68-,72?/m1/s1. The van der Waals surface area contributed by atoms with Gasteiger partial charge < -0.3 is 87.0 Å². The van der Waals surface area contributed by atoms with Crippen molar-refractivity contribution in [2.24, 2.45) is 10.9 Å². The van der Waals surface area contributed by atoms with Crippen molar-refractivity contribution in [3.05, 3.63) is 147 Å². The molecule has 2 aliphatic carbocycles. The molecule has 0 radical (unpaired) electrons. The number of carboxylic acids is 3. The van der Waals surface area contributed by atoms with E-state index in [0.29, 0.717) is 72.4 Å². The van der Waals surface area contributed by atoms with Gasteiger partial charge in [-0.3, -0.25) is 61.6 Å². The summed E-state index contributed by atoms with van der Waals surface area (Å²) in [5.41, 5.74) is 17.4. The number of benzene rings is 3. The molecule has 117 heavy (non-hydrogen) atoms. The van der Waals surface area contributed by atoms with Gasteiger partial charge in [-0.15, -0.1) is 0 Å². The fourth-order valence-electron chi connectivity index (χ4n) is 14.1. The maximum Gasteiger partial charge on any atom is 0.326 e. The van der Waals surface area contributed by atoms with Crippen molar-refractivity contribution in [3.8, 4) is 11.8 Å². The number of aliphatic hydroxyl groups excluding tert-OH is 1. The molecule has 8 rings (SSSR count). The third-order valence-electron chi connectivity index (χ3n) is 19.8. The maximum absolute atomic E-state index is 14.5. The number of anilines is 1. The number of fused-ring (bicyclic) bond motifs is 3. The van der Waals surface area contributed by atoms with Crippen LogP contribution >= 0.6 is 48.7 Å². The molecule has 14 N–H and O–H groups in total. The fourth-order valence-corrected chi connectivity index (χ4v) is 17.5. The topological polar surface area (TPSA) is 482 Å².